The average molecular weight is 292 g/mol. The Morgan fingerprint density at radius 2 is 1.57 bits per heavy atom. The van der Waals surface area contributed by atoms with E-state index in [0.717, 1.165) is 25.7 Å². The third kappa shape index (κ3) is 16.7. The molecule has 0 N–H and O–H groups in total. The van der Waals surface area contributed by atoms with Gasteiger partial charge in [0.1, 0.15) is 0 Å². The first-order valence-corrected chi connectivity index (χ1v) is 8.48. The van der Waals surface area contributed by atoms with Crippen LogP contribution in [0.25, 0.3) is 0 Å². The minimum absolute atomic E-state index is 0.144. The lowest BCUT2D eigenvalue weighted by Crippen LogP contribution is -1.98. The summed E-state index contributed by atoms with van der Waals surface area (Å²) in [4.78, 5) is 10.9. The first-order chi connectivity index (χ1) is 10.3. The van der Waals surface area contributed by atoms with Crippen LogP contribution in [0.3, 0.4) is 0 Å². The summed E-state index contributed by atoms with van der Waals surface area (Å²) < 4.78 is 4.57. The summed E-state index contributed by atoms with van der Waals surface area (Å²) >= 11 is 0. The van der Waals surface area contributed by atoms with Gasteiger partial charge < -0.3 is 4.74 Å². The van der Waals surface area contributed by atoms with Crippen molar-refractivity contribution in [2.45, 2.75) is 84.0 Å². The van der Waals surface area contributed by atoms with Crippen LogP contribution in [0.2, 0.25) is 0 Å². The molecule has 21 heavy (non-hydrogen) atoms. The summed E-state index contributed by atoms with van der Waals surface area (Å²) in [5.74, 6) is 6.11. The van der Waals surface area contributed by atoms with E-state index in [1.807, 2.05) is 0 Å². The van der Waals surface area contributed by atoms with E-state index >= 15 is 0 Å². The highest BCUT2D eigenvalue weighted by Gasteiger charge is 1.96. The van der Waals surface area contributed by atoms with Gasteiger partial charge in [0.15, 0.2) is 0 Å². The largest absolute Gasteiger partial charge is 0.469 e. The lowest BCUT2D eigenvalue weighted by atomic mass is 10.1. The van der Waals surface area contributed by atoms with Crippen molar-refractivity contribution in [1.29, 1.82) is 0 Å². The summed E-state index contributed by atoms with van der Waals surface area (Å²) in [6.07, 6.45) is 17.9. The van der Waals surface area contributed by atoms with E-state index in [0.29, 0.717) is 6.42 Å². The standard InChI is InChI=1S/C19H32O2/c1-3-4-5-6-7-8-9-10-11-12-13-14-15-16-17-18-19(20)21-2/h10-11H,3-9,12-13,16-18H2,1-2H3/b11-10-. The lowest BCUT2D eigenvalue weighted by molar-refractivity contribution is -0.140. The van der Waals surface area contributed by atoms with Crippen LogP contribution >= 0.6 is 0 Å². The fraction of sp³-hybridized carbons (Fsp3) is 0.737. The number of hydrogen-bond acceptors (Lipinski definition) is 2. The highest BCUT2D eigenvalue weighted by Crippen LogP contribution is 2.07. The molecule has 0 aromatic rings. The first-order valence-electron chi connectivity index (χ1n) is 8.48. The summed E-state index contributed by atoms with van der Waals surface area (Å²) in [5.41, 5.74) is 0. The number of unbranched alkanes of at least 4 members (excludes halogenated alkanes) is 8. The molecule has 0 atom stereocenters. The molecule has 0 unspecified atom stereocenters. The van der Waals surface area contributed by atoms with Crippen molar-refractivity contribution in [3.05, 3.63) is 12.2 Å². The van der Waals surface area contributed by atoms with Crippen LogP contribution in [-0.4, -0.2) is 13.1 Å². The van der Waals surface area contributed by atoms with Crippen LogP contribution in [0.15, 0.2) is 12.2 Å². The van der Waals surface area contributed by atoms with E-state index in [1.165, 1.54) is 52.1 Å². The molecule has 0 bridgehead atoms. The molecule has 2 nitrogen and oxygen atoms in total. The minimum atomic E-state index is -0.144. The second kappa shape index (κ2) is 16.8. The summed E-state index contributed by atoms with van der Waals surface area (Å²) in [7, 11) is 1.42. The van der Waals surface area contributed by atoms with Gasteiger partial charge in [-0.05, 0) is 25.7 Å². The van der Waals surface area contributed by atoms with Crippen molar-refractivity contribution in [3.63, 3.8) is 0 Å². The second-order valence-corrected chi connectivity index (χ2v) is 5.35. The molecule has 0 fully saturated rings. The fourth-order valence-corrected chi connectivity index (χ4v) is 2.03. The van der Waals surface area contributed by atoms with Gasteiger partial charge in [0, 0.05) is 19.3 Å². The van der Waals surface area contributed by atoms with Gasteiger partial charge >= 0.3 is 5.97 Å². The number of methoxy groups -OCH3 is 1. The predicted octanol–water partition coefficient (Wildman–Crippen LogP) is 5.42. The van der Waals surface area contributed by atoms with Gasteiger partial charge in [-0.3, -0.25) is 4.79 Å². The van der Waals surface area contributed by atoms with Crippen LogP contribution in [0, 0.1) is 11.8 Å². The van der Waals surface area contributed by atoms with Crippen molar-refractivity contribution < 1.29 is 9.53 Å². The molecule has 0 rings (SSSR count). The number of carbonyl (C=O) groups excluding carboxylic acids is 1. The quantitative estimate of drug-likeness (QED) is 0.208. The van der Waals surface area contributed by atoms with Gasteiger partial charge in [0.25, 0.3) is 0 Å². The molecule has 0 radical (unpaired) electrons. The highest BCUT2D eigenvalue weighted by molar-refractivity contribution is 5.69. The number of allylic oxidation sites excluding steroid dienone is 2. The molecule has 0 spiro atoms. The monoisotopic (exact) mass is 292 g/mol. The Morgan fingerprint density at radius 1 is 0.905 bits per heavy atom. The molecule has 2 heteroatoms. The maximum atomic E-state index is 10.9. The molecule has 0 aromatic carbocycles. The van der Waals surface area contributed by atoms with Crippen LogP contribution in [0.4, 0.5) is 0 Å². The normalized spacial score (nSPS) is 10.4. The van der Waals surface area contributed by atoms with Crippen LogP contribution in [0.1, 0.15) is 84.0 Å². The molecule has 0 saturated carbocycles. The zero-order valence-corrected chi connectivity index (χ0v) is 14.0. The zero-order chi connectivity index (χ0) is 15.6. The van der Waals surface area contributed by atoms with E-state index < -0.39 is 0 Å². The van der Waals surface area contributed by atoms with Crippen LogP contribution < -0.4 is 0 Å². The topological polar surface area (TPSA) is 26.3 Å². The number of carbonyl (C=O) groups is 1. The number of rotatable bonds is 12. The Bertz CT molecular complexity index is 320. The van der Waals surface area contributed by atoms with Crippen molar-refractivity contribution in [2.75, 3.05) is 7.11 Å². The van der Waals surface area contributed by atoms with Gasteiger partial charge in [0.2, 0.25) is 0 Å². The maximum Gasteiger partial charge on any atom is 0.305 e. The Labute approximate surface area is 131 Å². The molecular formula is C19H32O2. The molecule has 0 heterocycles. The highest BCUT2D eigenvalue weighted by atomic mass is 16.5. The van der Waals surface area contributed by atoms with Crippen LogP contribution in [-0.2, 0) is 9.53 Å². The predicted molar refractivity (Wildman–Crippen MR) is 90.0 cm³/mol. The SMILES string of the molecule is CCCCCCCC/C=C\CCC#CCCCC(=O)OC. The van der Waals surface area contributed by atoms with Gasteiger partial charge in [-0.15, -0.1) is 11.8 Å². The Kier molecular flexibility index (Phi) is 15.8. The van der Waals surface area contributed by atoms with E-state index in [9.17, 15) is 4.79 Å². The minimum Gasteiger partial charge on any atom is -0.469 e. The Balaban J connectivity index is 3.27. The van der Waals surface area contributed by atoms with E-state index in [-0.39, 0.29) is 5.97 Å². The first kappa shape index (κ1) is 19.8. The van der Waals surface area contributed by atoms with Crippen molar-refractivity contribution in [1.82, 2.24) is 0 Å². The van der Waals surface area contributed by atoms with E-state index in [4.69, 9.17) is 0 Å². The molecule has 0 amide bonds. The zero-order valence-electron chi connectivity index (χ0n) is 14.0. The van der Waals surface area contributed by atoms with Gasteiger partial charge in [-0.25, -0.2) is 0 Å². The fourth-order valence-electron chi connectivity index (χ4n) is 2.03. The average Bonchev–Trinajstić information content (AvgIpc) is 2.50. The van der Waals surface area contributed by atoms with Crippen molar-refractivity contribution in [2.24, 2.45) is 0 Å². The number of ether oxygens (including phenoxy) is 1. The third-order valence-corrected chi connectivity index (χ3v) is 3.36. The number of hydrogen-bond donors (Lipinski definition) is 0. The summed E-state index contributed by atoms with van der Waals surface area (Å²) in [5, 5.41) is 0. The lowest BCUT2D eigenvalue weighted by Gasteiger charge is -1.97. The second-order valence-electron chi connectivity index (χ2n) is 5.35. The molecule has 120 valence electrons. The van der Waals surface area contributed by atoms with Gasteiger partial charge in [-0.1, -0.05) is 51.2 Å². The Morgan fingerprint density at radius 3 is 2.33 bits per heavy atom. The maximum absolute atomic E-state index is 10.9. The van der Waals surface area contributed by atoms with Gasteiger partial charge in [0.05, 0.1) is 7.11 Å². The smallest absolute Gasteiger partial charge is 0.305 e. The third-order valence-electron chi connectivity index (χ3n) is 3.36. The molecule has 0 aliphatic carbocycles. The van der Waals surface area contributed by atoms with Gasteiger partial charge in [-0.2, -0.15) is 0 Å². The number of esters is 1. The molecule has 0 aliphatic rings. The van der Waals surface area contributed by atoms with E-state index in [2.05, 4.69) is 35.7 Å². The summed E-state index contributed by atoms with van der Waals surface area (Å²) in [6, 6.07) is 0. The molecule has 0 saturated heterocycles. The Hall–Kier alpha value is -1.23. The molecule has 0 aliphatic heterocycles. The van der Waals surface area contributed by atoms with Crippen LogP contribution in [0.5, 0.6) is 0 Å². The molecule has 0 aromatic heterocycles. The van der Waals surface area contributed by atoms with E-state index in [1.54, 1.807) is 0 Å². The summed E-state index contributed by atoms with van der Waals surface area (Å²) in [6.45, 7) is 2.25. The van der Waals surface area contributed by atoms with Crippen molar-refractivity contribution in [3.8, 4) is 11.8 Å². The molecular weight excluding hydrogens is 260 g/mol. The van der Waals surface area contributed by atoms with Crippen molar-refractivity contribution >= 4 is 5.97 Å².